The van der Waals surface area contributed by atoms with Gasteiger partial charge in [-0.25, -0.2) is 0 Å². The Morgan fingerprint density at radius 2 is 2.00 bits per heavy atom. The predicted molar refractivity (Wildman–Crippen MR) is 79.4 cm³/mol. The number of hydrogen-bond donors (Lipinski definition) is 0. The second-order valence-electron chi connectivity index (χ2n) is 4.94. The number of nitrogens with zero attached hydrogens (tertiary/aromatic N) is 1. The smallest absolute Gasteiger partial charge is 0.231 e. The van der Waals surface area contributed by atoms with Crippen LogP contribution in [0.4, 0.5) is 0 Å². The molecule has 0 unspecified atom stereocenters. The minimum Gasteiger partial charge on any atom is -0.492 e. The summed E-state index contributed by atoms with van der Waals surface area (Å²) in [6, 6.07) is 9.34. The lowest BCUT2D eigenvalue weighted by Crippen LogP contribution is -2.10. The number of benzene rings is 2. The van der Waals surface area contributed by atoms with E-state index in [1.807, 2.05) is 41.9 Å². The fraction of sp³-hybridized carbons (Fsp3) is 0.188. The molecule has 0 amide bonds. The van der Waals surface area contributed by atoms with Gasteiger partial charge >= 0.3 is 0 Å². The molecular formula is C16H13NO4. The Morgan fingerprint density at radius 3 is 2.81 bits per heavy atom. The third kappa shape index (κ3) is 1.48. The van der Waals surface area contributed by atoms with Gasteiger partial charge in [-0.05, 0) is 12.1 Å². The van der Waals surface area contributed by atoms with E-state index in [9.17, 15) is 4.79 Å². The fourth-order valence-electron chi connectivity index (χ4n) is 2.90. The molecule has 4 rings (SSSR count). The van der Waals surface area contributed by atoms with Gasteiger partial charge in [0.15, 0.2) is 11.5 Å². The van der Waals surface area contributed by atoms with Crippen molar-refractivity contribution in [3.05, 3.63) is 40.6 Å². The molecular weight excluding hydrogens is 270 g/mol. The van der Waals surface area contributed by atoms with Crippen molar-refractivity contribution in [2.45, 2.75) is 0 Å². The Hall–Kier alpha value is -2.69. The summed E-state index contributed by atoms with van der Waals surface area (Å²) in [5, 5.41) is 1.17. The van der Waals surface area contributed by atoms with Crippen molar-refractivity contribution in [1.82, 2.24) is 4.57 Å². The van der Waals surface area contributed by atoms with E-state index in [0.29, 0.717) is 28.0 Å². The summed E-state index contributed by atoms with van der Waals surface area (Å²) in [6.07, 6.45) is 0. The van der Waals surface area contributed by atoms with Crippen molar-refractivity contribution in [3.63, 3.8) is 0 Å². The number of para-hydroxylation sites is 1. The molecule has 1 aliphatic heterocycles. The first-order chi connectivity index (χ1) is 10.2. The second-order valence-corrected chi connectivity index (χ2v) is 4.94. The number of aromatic nitrogens is 1. The number of methoxy groups -OCH3 is 1. The molecule has 3 aromatic rings. The van der Waals surface area contributed by atoms with E-state index in [1.54, 1.807) is 0 Å². The van der Waals surface area contributed by atoms with Crippen LogP contribution in [0.1, 0.15) is 0 Å². The van der Waals surface area contributed by atoms with Gasteiger partial charge in [-0.15, -0.1) is 0 Å². The highest BCUT2D eigenvalue weighted by atomic mass is 16.7. The molecule has 0 atom stereocenters. The fourth-order valence-corrected chi connectivity index (χ4v) is 2.90. The highest BCUT2D eigenvalue weighted by molar-refractivity contribution is 5.99. The summed E-state index contributed by atoms with van der Waals surface area (Å²) < 4.78 is 18.3. The SMILES string of the molecule is COc1c2c(cc3c1c(=O)c1ccccc1n3C)OCO2. The second kappa shape index (κ2) is 4.15. The summed E-state index contributed by atoms with van der Waals surface area (Å²) in [6.45, 7) is 0.138. The largest absolute Gasteiger partial charge is 0.492 e. The number of fused-ring (bicyclic) bond motifs is 3. The first-order valence-electron chi connectivity index (χ1n) is 6.60. The van der Waals surface area contributed by atoms with Gasteiger partial charge in [0.25, 0.3) is 0 Å². The Bertz CT molecular complexity index is 943. The molecule has 0 N–H and O–H groups in total. The Labute approximate surface area is 120 Å². The van der Waals surface area contributed by atoms with E-state index in [0.717, 1.165) is 11.0 Å². The molecule has 1 aromatic heterocycles. The average Bonchev–Trinajstić information content (AvgIpc) is 2.99. The molecule has 0 spiro atoms. The molecule has 0 aliphatic carbocycles. The number of ether oxygens (including phenoxy) is 3. The van der Waals surface area contributed by atoms with Crippen molar-refractivity contribution in [2.75, 3.05) is 13.9 Å². The topological polar surface area (TPSA) is 49.7 Å². The number of hydrogen-bond acceptors (Lipinski definition) is 4. The van der Waals surface area contributed by atoms with E-state index in [-0.39, 0.29) is 12.2 Å². The van der Waals surface area contributed by atoms with Gasteiger partial charge in [0.05, 0.1) is 23.5 Å². The summed E-state index contributed by atoms with van der Waals surface area (Å²) in [5.41, 5.74) is 1.57. The van der Waals surface area contributed by atoms with E-state index < -0.39 is 0 Å². The lowest BCUT2D eigenvalue weighted by Gasteiger charge is -2.14. The third-order valence-corrected chi connectivity index (χ3v) is 3.90. The third-order valence-electron chi connectivity index (χ3n) is 3.90. The zero-order chi connectivity index (χ0) is 14.6. The first-order valence-corrected chi connectivity index (χ1v) is 6.60. The van der Waals surface area contributed by atoms with Crippen LogP contribution in [0.5, 0.6) is 17.2 Å². The molecule has 0 saturated carbocycles. The number of pyridine rings is 1. The molecule has 0 radical (unpaired) electrons. The molecule has 0 bridgehead atoms. The molecule has 2 heterocycles. The zero-order valence-electron chi connectivity index (χ0n) is 11.7. The minimum absolute atomic E-state index is 0.0612. The van der Waals surface area contributed by atoms with Gasteiger partial charge in [-0.1, -0.05) is 12.1 Å². The quantitative estimate of drug-likeness (QED) is 0.644. The summed E-state index contributed by atoms with van der Waals surface area (Å²) in [4.78, 5) is 12.8. The molecule has 1 aliphatic rings. The van der Waals surface area contributed by atoms with Crippen molar-refractivity contribution in [1.29, 1.82) is 0 Å². The monoisotopic (exact) mass is 283 g/mol. The maximum Gasteiger partial charge on any atom is 0.231 e. The molecule has 0 saturated heterocycles. The van der Waals surface area contributed by atoms with Crippen LogP contribution in [0.3, 0.4) is 0 Å². The lowest BCUT2D eigenvalue weighted by molar-refractivity contribution is 0.171. The van der Waals surface area contributed by atoms with Gasteiger partial charge in [0.2, 0.25) is 18.0 Å². The molecule has 0 fully saturated rings. The van der Waals surface area contributed by atoms with Crippen molar-refractivity contribution < 1.29 is 14.2 Å². The minimum atomic E-state index is -0.0612. The molecule has 21 heavy (non-hydrogen) atoms. The Kier molecular flexibility index (Phi) is 2.39. The van der Waals surface area contributed by atoms with Crippen LogP contribution in [0.15, 0.2) is 35.1 Å². The van der Waals surface area contributed by atoms with Crippen LogP contribution in [0.2, 0.25) is 0 Å². The van der Waals surface area contributed by atoms with E-state index in [4.69, 9.17) is 14.2 Å². The van der Waals surface area contributed by atoms with Gasteiger partial charge in [-0.3, -0.25) is 4.79 Å². The number of rotatable bonds is 1. The normalized spacial score (nSPS) is 13.0. The lowest BCUT2D eigenvalue weighted by atomic mass is 10.1. The van der Waals surface area contributed by atoms with E-state index in [1.165, 1.54) is 7.11 Å². The Balaban J connectivity index is 2.31. The van der Waals surface area contributed by atoms with Crippen LogP contribution in [0, 0.1) is 0 Å². The van der Waals surface area contributed by atoms with Gasteiger partial charge < -0.3 is 18.8 Å². The van der Waals surface area contributed by atoms with Crippen LogP contribution < -0.4 is 19.6 Å². The Morgan fingerprint density at radius 1 is 1.19 bits per heavy atom. The summed E-state index contributed by atoms with van der Waals surface area (Å²) in [7, 11) is 3.46. The zero-order valence-corrected chi connectivity index (χ0v) is 11.7. The summed E-state index contributed by atoms with van der Waals surface area (Å²) in [5.74, 6) is 1.54. The van der Waals surface area contributed by atoms with E-state index in [2.05, 4.69) is 0 Å². The maximum atomic E-state index is 12.8. The molecule has 5 heteroatoms. The van der Waals surface area contributed by atoms with Crippen molar-refractivity contribution >= 4 is 21.8 Å². The number of aryl methyl sites for hydroxylation is 1. The highest BCUT2D eigenvalue weighted by Gasteiger charge is 2.25. The van der Waals surface area contributed by atoms with Crippen LogP contribution in [0.25, 0.3) is 21.8 Å². The standard InChI is InChI=1S/C16H13NO4/c1-17-10-6-4-3-5-9(10)14(18)13-11(17)7-12-15(16(13)19-2)21-8-20-12/h3-7H,8H2,1-2H3. The molecule has 2 aromatic carbocycles. The van der Waals surface area contributed by atoms with E-state index >= 15 is 0 Å². The molecule has 5 nitrogen and oxygen atoms in total. The van der Waals surface area contributed by atoms with Crippen LogP contribution >= 0.6 is 0 Å². The van der Waals surface area contributed by atoms with Crippen LogP contribution in [-0.4, -0.2) is 18.5 Å². The average molecular weight is 283 g/mol. The van der Waals surface area contributed by atoms with Crippen molar-refractivity contribution in [3.8, 4) is 17.2 Å². The molecule has 106 valence electrons. The predicted octanol–water partition coefficient (Wildman–Crippen LogP) is 2.43. The highest BCUT2D eigenvalue weighted by Crippen LogP contribution is 2.45. The van der Waals surface area contributed by atoms with Gasteiger partial charge in [-0.2, -0.15) is 0 Å². The summed E-state index contributed by atoms with van der Waals surface area (Å²) >= 11 is 0. The first kappa shape index (κ1) is 12.1. The van der Waals surface area contributed by atoms with Crippen LogP contribution in [-0.2, 0) is 7.05 Å². The van der Waals surface area contributed by atoms with Crippen molar-refractivity contribution in [2.24, 2.45) is 7.05 Å². The van der Waals surface area contributed by atoms with Gasteiger partial charge in [0.1, 0.15) is 0 Å². The maximum absolute atomic E-state index is 12.8. The van der Waals surface area contributed by atoms with Gasteiger partial charge in [0, 0.05) is 18.5 Å².